The summed E-state index contributed by atoms with van der Waals surface area (Å²) in [5.41, 5.74) is 1.04. The SMILES string of the molecule is Cc1cnn(-c2ccc(C(C)C)c(C(F)(F)F)c2)c1. The molecule has 2 nitrogen and oxygen atoms in total. The fourth-order valence-corrected chi connectivity index (χ4v) is 1.99. The molecule has 1 heterocycles. The number of benzene rings is 1. The third-order valence-corrected chi connectivity index (χ3v) is 2.94. The fourth-order valence-electron chi connectivity index (χ4n) is 1.99. The maximum Gasteiger partial charge on any atom is 0.416 e. The van der Waals surface area contributed by atoms with Crippen LogP contribution in [0.2, 0.25) is 0 Å². The summed E-state index contributed by atoms with van der Waals surface area (Å²) in [6.07, 6.45) is -1.04. The maximum absolute atomic E-state index is 13.1. The Morgan fingerprint density at radius 2 is 1.89 bits per heavy atom. The van der Waals surface area contributed by atoms with Gasteiger partial charge in [0.2, 0.25) is 0 Å². The fraction of sp³-hybridized carbons (Fsp3) is 0.357. The van der Waals surface area contributed by atoms with Gasteiger partial charge in [-0.3, -0.25) is 0 Å². The van der Waals surface area contributed by atoms with Crippen LogP contribution < -0.4 is 0 Å². The lowest BCUT2D eigenvalue weighted by Gasteiger charge is -2.16. The van der Waals surface area contributed by atoms with E-state index < -0.39 is 11.7 Å². The van der Waals surface area contributed by atoms with E-state index in [1.165, 1.54) is 10.7 Å². The van der Waals surface area contributed by atoms with E-state index >= 15 is 0 Å². The maximum atomic E-state index is 13.1. The molecule has 0 fully saturated rings. The molecule has 19 heavy (non-hydrogen) atoms. The molecule has 0 N–H and O–H groups in total. The highest BCUT2D eigenvalue weighted by molar-refractivity contribution is 5.43. The highest BCUT2D eigenvalue weighted by Crippen LogP contribution is 2.36. The highest BCUT2D eigenvalue weighted by atomic mass is 19.4. The minimum Gasteiger partial charge on any atom is -0.241 e. The lowest BCUT2D eigenvalue weighted by molar-refractivity contribution is -0.138. The third-order valence-electron chi connectivity index (χ3n) is 2.94. The molecule has 1 aromatic heterocycles. The van der Waals surface area contributed by atoms with Crippen LogP contribution in [0.3, 0.4) is 0 Å². The Labute approximate surface area is 109 Å². The molecule has 0 aliphatic carbocycles. The molecule has 102 valence electrons. The second kappa shape index (κ2) is 4.72. The van der Waals surface area contributed by atoms with E-state index in [0.29, 0.717) is 11.3 Å². The van der Waals surface area contributed by atoms with Gasteiger partial charge < -0.3 is 0 Å². The summed E-state index contributed by atoms with van der Waals surface area (Å²) in [5, 5.41) is 4.03. The molecular formula is C14H15F3N2. The summed E-state index contributed by atoms with van der Waals surface area (Å²) in [7, 11) is 0. The first kappa shape index (κ1) is 13.6. The van der Waals surface area contributed by atoms with E-state index in [-0.39, 0.29) is 5.92 Å². The van der Waals surface area contributed by atoms with E-state index in [9.17, 15) is 13.2 Å². The molecule has 0 spiro atoms. The van der Waals surface area contributed by atoms with Crippen LogP contribution in [0.4, 0.5) is 13.2 Å². The van der Waals surface area contributed by atoms with Crippen LogP contribution in [0.1, 0.15) is 36.5 Å². The van der Waals surface area contributed by atoms with Crippen LogP contribution in [-0.2, 0) is 6.18 Å². The summed E-state index contributed by atoms with van der Waals surface area (Å²) in [4.78, 5) is 0. The Morgan fingerprint density at radius 1 is 1.21 bits per heavy atom. The van der Waals surface area contributed by atoms with Crippen molar-refractivity contribution in [2.75, 3.05) is 0 Å². The van der Waals surface area contributed by atoms with Crippen molar-refractivity contribution in [2.24, 2.45) is 0 Å². The molecule has 0 atom stereocenters. The lowest BCUT2D eigenvalue weighted by atomic mass is 9.96. The largest absolute Gasteiger partial charge is 0.416 e. The molecule has 0 unspecified atom stereocenters. The minimum atomic E-state index is -4.35. The van der Waals surface area contributed by atoms with Gasteiger partial charge in [0.25, 0.3) is 0 Å². The van der Waals surface area contributed by atoms with Gasteiger partial charge in [-0.25, -0.2) is 4.68 Å². The molecule has 0 amide bonds. The summed E-state index contributed by atoms with van der Waals surface area (Å²) >= 11 is 0. The molecule has 2 rings (SSSR count). The third kappa shape index (κ3) is 2.80. The number of nitrogens with zero attached hydrogens (tertiary/aromatic N) is 2. The predicted octanol–water partition coefficient (Wildman–Crippen LogP) is 4.32. The first-order valence-electron chi connectivity index (χ1n) is 6.02. The van der Waals surface area contributed by atoms with Gasteiger partial charge in [-0.15, -0.1) is 0 Å². The first-order valence-corrected chi connectivity index (χ1v) is 6.02. The lowest BCUT2D eigenvalue weighted by Crippen LogP contribution is -2.11. The monoisotopic (exact) mass is 268 g/mol. The summed E-state index contributed by atoms with van der Waals surface area (Å²) in [5.74, 6) is -0.176. The second-order valence-corrected chi connectivity index (χ2v) is 4.89. The summed E-state index contributed by atoms with van der Waals surface area (Å²) in [6.45, 7) is 5.35. The summed E-state index contributed by atoms with van der Waals surface area (Å²) < 4.78 is 40.7. The Hall–Kier alpha value is -1.78. The Balaban J connectivity index is 2.56. The zero-order valence-electron chi connectivity index (χ0n) is 11.0. The molecule has 2 aromatic rings. The smallest absolute Gasteiger partial charge is 0.241 e. The standard InChI is InChI=1S/C14H15F3N2/c1-9(2)12-5-4-11(6-13(12)14(15,16)17)19-8-10(3)7-18-19/h4-9H,1-3H3. The quantitative estimate of drug-likeness (QED) is 0.793. The molecule has 0 bridgehead atoms. The Kier molecular flexibility index (Phi) is 3.39. The Bertz CT molecular complexity index is 583. The number of aryl methyl sites for hydroxylation is 1. The van der Waals surface area contributed by atoms with Crippen molar-refractivity contribution in [1.82, 2.24) is 9.78 Å². The van der Waals surface area contributed by atoms with Gasteiger partial charge in [-0.2, -0.15) is 18.3 Å². The van der Waals surface area contributed by atoms with E-state index in [1.54, 1.807) is 32.3 Å². The number of rotatable bonds is 2. The van der Waals surface area contributed by atoms with E-state index in [2.05, 4.69) is 5.10 Å². The van der Waals surface area contributed by atoms with Crippen LogP contribution in [0.5, 0.6) is 0 Å². The average Bonchev–Trinajstić information content (AvgIpc) is 2.74. The average molecular weight is 268 g/mol. The molecule has 5 heteroatoms. The molecule has 0 aliphatic rings. The minimum absolute atomic E-state index is 0.176. The van der Waals surface area contributed by atoms with Gasteiger partial charge in [0, 0.05) is 6.20 Å². The molecule has 0 radical (unpaired) electrons. The second-order valence-electron chi connectivity index (χ2n) is 4.89. The number of alkyl halides is 3. The van der Waals surface area contributed by atoms with Gasteiger partial charge in [0.15, 0.2) is 0 Å². The predicted molar refractivity (Wildman–Crippen MR) is 67.4 cm³/mol. The van der Waals surface area contributed by atoms with Crippen molar-refractivity contribution in [3.8, 4) is 5.69 Å². The van der Waals surface area contributed by atoms with Gasteiger partial charge in [-0.05, 0) is 36.1 Å². The van der Waals surface area contributed by atoms with Crippen LogP contribution in [0.25, 0.3) is 5.69 Å². The Morgan fingerprint density at radius 3 is 2.37 bits per heavy atom. The van der Waals surface area contributed by atoms with Gasteiger partial charge in [-0.1, -0.05) is 19.9 Å². The summed E-state index contributed by atoms with van der Waals surface area (Å²) in [6, 6.07) is 4.35. The van der Waals surface area contributed by atoms with Crippen molar-refractivity contribution < 1.29 is 13.2 Å². The molecule has 1 aromatic carbocycles. The normalized spacial score (nSPS) is 12.2. The van der Waals surface area contributed by atoms with Crippen molar-refractivity contribution in [1.29, 1.82) is 0 Å². The van der Waals surface area contributed by atoms with E-state index in [1.807, 2.05) is 6.92 Å². The zero-order valence-corrected chi connectivity index (χ0v) is 11.0. The number of aromatic nitrogens is 2. The molecule has 0 saturated carbocycles. The van der Waals surface area contributed by atoms with Crippen LogP contribution in [-0.4, -0.2) is 9.78 Å². The van der Waals surface area contributed by atoms with Crippen LogP contribution in [0, 0.1) is 6.92 Å². The van der Waals surface area contributed by atoms with Crippen molar-refractivity contribution >= 4 is 0 Å². The van der Waals surface area contributed by atoms with Crippen molar-refractivity contribution in [3.63, 3.8) is 0 Å². The van der Waals surface area contributed by atoms with Gasteiger partial charge in [0.05, 0.1) is 17.4 Å². The zero-order chi connectivity index (χ0) is 14.2. The highest BCUT2D eigenvalue weighted by Gasteiger charge is 2.34. The first-order chi connectivity index (χ1) is 8.79. The number of hydrogen-bond acceptors (Lipinski definition) is 1. The van der Waals surface area contributed by atoms with Gasteiger partial charge in [0.1, 0.15) is 0 Å². The topological polar surface area (TPSA) is 17.8 Å². The van der Waals surface area contributed by atoms with E-state index in [0.717, 1.165) is 11.6 Å². The van der Waals surface area contributed by atoms with Crippen LogP contribution >= 0.6 is 0 Å². The van der Waals surface area contributed by atoms with E-state index in [4.69, 9.17) is 0 Å². The van der Waals surface area contributed by atoms with Crippen molar-refractivity contribution in [2.45, 2.75) is 32.9 Å². The van der Waals surface area contributed by atoms with Crippen LogP contribution in [0.15, 0.2) is 30.6 Å². The van der Waals surface area contributed by atoms with Gasteiger partial charge >= 0.3 is 6.18 Å². The molecule has 0 aliphatic heterocycles. The molecular weight excluding hydrogens is 253 g/mol. The number of halogens is 3. The number of hydrogen-bond donors (Lipinski definition) is 0. The van der Waals surface area contributed by atoms with Crippen molar-refractivity contribution in [3.05, 3.63) is 47.3 Å². The molecule has 0 saturated heterocycles.